The Kier molecular flexibility index (Phi) is 3.20. The molecule has 0 amide bonds. The van der Waals surface area contributed by atoms with Gasteiger partial charge in [0.15, 0.2) is 0 Å². The van der Waals surface area contributed by atoms with Crippen LogP contribution < -0.4 is 0 Å². The lowest BCUT2D eigenvalue weighted by atomic mass is 9.89. The van der Waals surface area contributed by atoms with Crippen LogP contribution in [0.1, 0.15) is 59.3 Å². The van der Waals surface area contributed by atoms with Gasteiger partial charge in [-0.15, -0.1) is 0 Å². The van der Waals surface area contributed by atoms with E-state index in [4.69, 9.17) is 0 Å². The topological polar surface area (TPSA) is 6.48 Å². The Morgan fingerprint density at radius 3 is 2.70 bits per heavy atom. The Labute approximate surface area is 124 Å². The molecule has 0 radical (unpaired) electrons. The largest absolute Gasteiger partial charge is 0.300 e. The first-order valence-electron chi connectivity index (χ1n) is 9.09. The molecule has 4 aliphatic rings. The Bertz CT molecular complexity index is 380. The summed E-state index contributed by atoms with van der Waals surface area (Å²) in [4.78, 5) is 5.58. The van der Waals surface area contributed by atoms with Crippen molar-refractivity contribution in [1.82, 2.24) is 9.80 Å². The SMILES string of the molecule is CC(C)N1CCCC2(CC2CC(C)N2CCC3CC32)C1. The van der Waals surface area contributed by atoms with E-state index in [1.165, 1.54) is 58.2 Å². The molecule has 114 valence electrons. The average molecular weight is 276 g/mol. The van der Waals surface area contributed by atoms with Gasteiger partial charge in [0.25, 0.3) is 0 Å². The maximum absolute atomic E-state index is 2.85. The summed E-state index contributed by atoms with van der Waals surface area (Å²) in [6, 6.07) is 2.60. The van der Waals surface area contributed by atoms with Crippen molar-refractivity contribution in [2.45, 2.75) is 77.4 Å². The van der Waals surface area contributed by atoms with Gasteiger partial charge in [-0.1, -0.05) is 0 Å². The van der Waals surface area contributed by atoms with E-state index in [0.29, 0.717) is 0 Å². The fraction of sp³-hybridized carbons (Fsp3) is 1.00. The van der Waals surface area contributed by atoms with Crippen LogP contribution in [0.2, 0.25) is 0 Å². The highest BCUT2D eigenvalue weighted by atomic mass is 15.2. The third kappa shape index (κ3) is 2.23. The minimum Gasteiger partial charge on any atom is -0.300 e. The third-order valence-corrected chi connectivity index (χ3v) is 6.99. The van der Waals surface area contributed by atoms with Gasteiger partial charge in [0, 0.05) is 24.7 Å². The number of hydrogen-bond donors (Lipinski definition) is 0. The summed E-state index contributed by atoms with van der Waals surface area (Å²) in [5, 5.41) is 0. The van der Waals surface area contributed by atoms with Crippen LogP contribution in [0.3, 0.4) is 0 Å². The lowest BCUT2D eigenvalue weighted by Crippen LogP contribution is -2.42. The van der Waals surface area contributed by atoms with Crippen molar-refractivity contribution in [3.05, 3.63) is 0 Å². The molecule has 4 fully saturated rings. The Balaban J connectivity index is 1.32. The maximum atomic E-state index is 2.85. The minimum atomic E-state index is 0.736. The highest BCUT2D eigenvalue weighted by molar-refractivity contribution is 5.08. The van der Waals surface area contributed by atoms with E-state index in [1.807, 2.05) is 0 Å². The van der Waals surface area contributed by atoms with Gasteiger partial charge in [0.1, 0.15) is 0 Å². The highest BCUT2D eigenvalue weighted by Crippen LogP contribution is 2.60. The lowest BCUT2D eigenvalue weighted by molar-refractivity contribution is 0.112. The van der Waals surface area contributed by atoms with Crippen LogP contribution in [0.5, 0.6) is 0 Å². The second-order valence-electron chi connectivity index (χ2n) is 8.61. The predicted molar refractivity (Wildman–Crippen MR) is 83.8 cm³/mol. The second-order valence-corrected chi connectivity index (χ2v) is 8.61. The second kappa shape index (κ2) is 4.71. The highest BCUT2D eigenvalue weighted by Gasteiger charge is 2.56. The molecule has 4 rings (SSSR count). The Hall–Kier alpha value is -0.0800. The first kappa shape index (κ1) is 13.6. The molecular weight excluding hydrogens is 244 g/mol. The lowest BCUT2D eigenvalue weighted by Gasteiger charge is -2.37. The van der Waals surface area contributed by atoms with E-state index in [0.717, 1.165) is 35.4 Å². The first-order chi connectivity index (χ1) is 9.59. The molecule has 2 aliphatic heterocycles. The molecule has 2 saturated heterocycles. The molecule has 2 heterocycles. The van der Waals surface area contributed by atoms with Gasteiger partial charge in [0.2, 0.25) is 0 Å². The molecule has 0 aromatic carbocycles. The van der Waals surface area contributed by atoms with Crippen molar-refractivity contribution in [2.24, 2.45) is 17.3 Å². The quantitative estimate of drug-likeness (QED) is 0.777. The minimum absolute atomic E-state index is 0.736. The van der Waals surface area contributed by atoms with E-state index < -0.39 is 0 Å². The molecule has 5 atom stereocenters. The number of hydrogen-bond acceptors (Lipinski definition) is 2. The predicted octanol–water partition coefficient (Wildman–Crippen LogP) is 3.37. The van der Waals surface area contributed by atoms with E-state index in [-0.39, 0.29) is 0 Å². The van der Waals surface area contributed by atoms with E-state index in [9.17, 15) is 0 Å². The Morgan fingerprint density at radius 1 is 1.20 bits per heavy atom. The molecular formula is C18H32N2. The normalized spacial score (nSPS) is 45.9. The number of fused-ring (bicyclic) bond motifs is 1. The van der Waals surface area contributed by atoms with Crippen molar-refractivity contribution in [3.63, 3.8) is 0 Å². The van der Waals surface area contributed by atoms with E-state index in [1.54, 1.807) is 0 Å². The summed E-state index contributed by atoms with van der Waals surface area (Å²) < 4.78 is 0. The van der Waals surface area contributed by atoms with Crippen molar-refractivity contribution >= 4 is 0 Å². The van der Waals surface area contributed by atoms with Crippen molar-refractivity contribution in [2.75, 3.05) is 19.6 Å². The van der Waals surface area contributed by atoms with Crippen LogP contribution in [-0.4, -0.2) is 47.6 Å². The molecule has 2 saturated carbocycles. The third-order valence-electron chi connectivity index (χ3n) is 6.99. The fourth-order valence-electron chi connectivity index (χ4n) is 5.43. The van der Waals surface area contributed by atoms with Crippen molar-refractivity contribution in [3.8, 4) is 0 Å². The van der Waals surface area contributed by atoms with Crippen LogP contribution in [0.15, 0.2) is 0 Å². The summed E-state index contributed by atoms with van der Waals surface area (Å²) in [5.41, 5.74) is 0.736. The van der Waals surface area contributed by atoms with Crippen molar-refractivity contribution < 1.29 is 0 Å². The average Bonchev–Trinajstić information content (AvgIpc) is 3.28. The standard InChI is InChI=1S/C18H32N2/c1-13(2)19-7-4-6-18(12-19)11-16(18)9-14(3)20-8-5-15-10-17(15)20/h13-17H,4-12H2,1-3H3. The summed E-state index contributed by atoms with van der Waals surface area (Å²) in [5.74, 6) is 2.13. The van der Waals surface area contributed by atoms with Gasteiger partial charge in [-0.25, -0.2) is 0 Å². The molecule has 5 unspecified atom stereocenters. The van der Waals surface area contributed by atoms with Gasteiger partial charge < -0.3 is 4.90 Å². The van der Waals surface area contributed by atoms with Gasteiger partial charge in [0.05, 0.1) is 0 Å². The molecule has 0 aromatic heterocycles. The van der Waals surface area contributed by atoms with Crippen LogP contribution in [0.4, 0.5) is 0 Å². The first-order valence-corrected chi connectivity index (χ1v) is 9.09. The van der Waals surface area contributed by atoms with Crippen LogP contribution in [-0.2, 0) is 0 Å². The van der Waals surface area contributed by atoms with E-state index >= 15 is 0 Å². The maximum Gasteiger partial charge on any atom is 0.0131 e. The van der Waals surface area contributed by atoms with Gasteiger partial charge in [-0.05, 0) is 89.6 Å². The number of nitrogens with zero attached hydrogens (tertiary/aromatic N) is 2. The number of likely N-dealkylation sites (tertiary alicyclic amines) is 2. The van der Waals surface area contributed by atoms with Crippen LogP contribution >= 0.6 is 0 Å². The van der Waals surface area contributed by atoms with Gasteiger partial charge >= 0.3 is 0 Å². The zero-order valence-corrected chi connectivity index (χ0v) is 13.6. The summed E-state index contributed by atoms with van der Waals surface area (Å²) >= 11 is 0. The summed E-state index contributed by atoms with van der Waals surface area (Å²) in [6.07, 6.45) is 8.97. The zero-order chi connectivity index (χ0) is 13.9. The van der Waals surface area contributed by atoms with Crippen molar-refractivity contribution in [1.29, 1.82) is 0 Å². The molecule has 0 N–H and O–H groups in total. The van der Waals surface area contributed by atoms with Gasteiger partial charge in [-0.2, -0.15) is 0 Å². The zero-order valence-electron chi connectivity index (χ0n) is 13.6. The molecule has 2 nitrogen and oxygen atoms in total. The van der Waals surface area contributed by atoms with Crippen LogP contribution in [0, 0.1) is 17.3 Å². The van der Waals surface area contributed by atoms with Gasteiger partial charge in [-0.3, -0.25) is 4.90 Å². The van der Waals surface area contributed by atoms with E-state index in [2.05, 4.69) is 30.6 Å². The molecule has 2 aliphatic carbocycles. The van der Waals surface area contributed by atoms with Crippen LogP contribution in [0.25, 0.3) is 0 Å². The number of rotatable bonds is 4. The molecule has 20 heavy (non-hydrogen) atoms. The molecule has 1 spiro atoms. The smallest absolute Gasteiger partial charge is 0.0131 e. The number of piperidine rings is 2. The summed E-state index contributed by atoms with van der Waals surface area (Å²) in [6.45, 7) is 11.4. The monoisotopic (exact) mass is 276 g/mol. The summed E-state index contributed by atoms with van der Waals surface area (Å²) in [7, 11) is 0. The molecule has 0 bridgehead atoms. The molecule has 2 heteroatoms. The Morgan fingerprint density at radius 2 is 2.05 bits per heavy atom. The fourth-order valence-corrected chi connectivity index (χ4v) is 5.43. The molecule has 0 aromatic rings.